The van der Waals surface area contributed by atoms with Gasteiger partial charge in [-0.25, -0.2) is 0 Å². The van der Waals surface area contributed by atoms with E-state index in [2.05, 4.69) is 17.1 Å². The number of carbonyl (C=O) groups is 2. The Labute approximate surface area is 163 Å². The number of amides is 2. The van der Waals surface area contributed by atoms with Crippen LogP contribution in [0, 0.1) is 23.7 Å². The van der Waals surface area contributed by atoms with Gasteiger partial charge in [-0.2, -0.15) is 0 Å². The van der Waals surface area contributed by atoms with Gasteiger partial charge in [0.25, 0.3) is 0 Å². The van der Waals surface area contributed by atoms with E-state index in [1.54, 1.807) is 0 Å². The number of nitrogens with one attached hydrogen (secondary N) is 1. The van der Waals surface area contributed by atoms with E-state index in [4.69, 9.17) is 5.73 Å². The molecule has 3 saturated carbocycles. The van der Waals surface area contributed by atoms with Gasteiger partial charge in [-0.05, 0) is 49.9 Å². The Morgan fingerprint density at radius 1 is 1.00 bits per heavy atom. The number of piperazine rings is 1. The van der Waals surface area contributed by atoms with Crippen LogP contribution in [-0.2, 0) is 9.59 Å². The average Bonchev–Trinajstić information content (AvgIpc) is 3.23. The average molecular weight is 377 g/mol. The molecule has 6 atom stereocenters. The fourth-order valence-electron chi connectivity index (χ4n) is 6.08. The van der Waals surface area contributed by atoms with E-state index in [0.29, 0.717) is 24.4 Å². The van der Waals surface area contributed by atoms with Crippen LogP contribution < -0.4 is 11.1 Å². The lowest BCUT2D eigenvalue weighted by Gasteiger charge is -2.38. The van der Waals surface area contributed by atoms with E-state index in [1.807, 2.05) is 4.90 Å². The molecule has 0 radical (unpaired) electrons. The summed E-state index contributed by atoms with van der Waals surface area (Å²) in [6, 6.07) is 0.418. The van der Waals surface area contributed by atoms with Crippen molar-refractivity contribution in [2.45, 2.75) is 64.0 Å². The first kappa shape index (κ1) is 19.2. The summed E-state index contributed by atoms with van der Waals surface area (Å²) in [5.74, 6) is 2.26. The molecule has 4 fully saturated rings. The van der Waals surface area contributed by atoms with Gasteiger partial charge in [0.05, 0.1) is 12.5 Å². The summed E-state index contributed by atoms with van der Waals surface area (Å²) >= 11 is 0. The maximum absolute atomic E-state index is 13.0. The molecule has 3 N–H and O–H groups in total. The molecule has 6 heteroatoms. The number of hydrogen-bond acceptors (Lipinski definition) is 4. The molecule has 3 aliphatic carbocycles. The summed E-state index contributed by atoms with van der Waals surface area (Å²) in [7, 11) is 0. The quantitative estimate of drug-likeness (QED) is 0.773. The maximum Gasteiger partial charge on any atom is 0.234 e. The van der Waals surface area contributed by atoms with Crippen LogP contribution >= 0.6 is 0 Å². The molecule has 0 aromatic carbocycles. The lowest BCUT2D eigenvalue weighted by Crippen LogP contribution is -2.55. The summed E-state index contributed by atoms with van der Waals surface area (Å²) in [6.07, 6.45) is 8.26. The number of fused-ring (bicyclic) bond motifs is 2. The SMILES string of the molecule is CC1CCCC(NC(=O)CN2CCN(C(=O)C3C4CCC(C4)C3N)CC2)C1. The zero-order valence-electron chi connectivity index (χ0n) is 16.7. The van der Waals surface area contributed by atoms with Crippen LogP contribution in [0.25, 0.3) is 0 Å². The fourth-order valence-corrected chi connectivity index (χ4v) is 6.08. The largest absolute Gasteiger partial charge is 0.352 e. The summed E-state index contributed by atoms with van der Waals surface area (Å²) in [5.41, 5.74) is 6.35. The Morgan fingerprint density at radius 3 is 2.41 bits per heavy atom. The molecule has 6 unspecified atom stereocenters. The molecule has 27 heavy (non-hydrogen) atoms. The monoisotopic (exact) mass is 376 g/mol. The second kappa shape index (κ2) is 8.08. The standard InChI is InChI=1S/C21H36N4O2/c1-14-3-2-4-17(11-14)23-18(26)13-24-7-9-25(10-8-24)21(27)19-15-5-6-16(12-15)20(19)22/h14-17,19-20H,2-13,22H2,1H3,(H,23,26). The van der Waals surface area contributed by atoms with Crippen LogP contribution in [0.5, 0.6) is 0 Å². The molecule has 0 spiro atoms. The Balaban J connectivity index is 1.21. The molecule has 4 aliphatic rings. The minimum absolute atomic E-state index is 0.0480. The van der Waals surface area contributed by atoms with Crippen molar-refractivity contribution in [3.63, 3.8) is 0 Å². The smallest absolute Gasteiger partial charge is 0.234 e. The minimum Gasteiger partial charge on any atom is -0.352 e. The summed E-state index contributed by atoms with van der Waals surface area (Å²) in [4.78, 5) is 29.6. The molecule has 0 aromatic rings. The van der Waals surface area contributed by atoms with Gasteiger partial charge in [-0.1, -0.05) is 19.8 Å². The number of nitrogens with two attached hydrogens (primary N) is 1. The molecule has 4 rings (SSSR count). The van der Waals surface area contributed by atoms with Crippen LogP contribution in [-0.4, -0.2) is 66.4 Å². The van der Waals surface area contributed by atoms with Gasteiger partial charge in [-0.15, -0.1) is 0 Å². The third kappa shape index (κ3) is 4.16. The minimum atomic E-state index is 0.0480. The zero-order valence-corrected chi connectivity index (χ0v) is 16.7. The molecule has 2 bridgehead atoms. The van der Waals surface area contributed by atoms with E-state index < -0.39 is 0 Å². The summed E-state index contributed by atoms with van der Waals surface area (Å²) in [6.45, 7) is 5.77. The van der Waals surface area contributed by atoms with Gasteiger partial charge in [0.2, 0.25) is 11.8 Å². The topological polar surface area (TPSA) is 78.7 Å². The number of nitrogens with zero attached hydrogens (tertiary/aromatic N) is 2. The second-order valence-electron chi connectivity index (χ2n) is 9.57. The highest BCUT2D eigenvalue weighted by atomic mass is 16.2. The van der Waals surface area contributed by atoms with Crippen molar-refractivity contribution in [1.29, 1.82) is 0 Å². The third-order valence-electron chi connectivity index (χ3n) is 7.62. The van der Waals surface area contributed by atoms with Crippen LogP contribution in [0.15, 0.2) is 0 Å². The summed E-state index contributed by atoms with van der Waals surface area (Å²) < 4.78 is 0. The van der Waals surface area contributed by atoms with E-state index in [0.717, 1.165) is 51.4 Å². The van der Waals surface area contributed by atoms with Crippen molar-refractivity contribution in [2.24, 2.45) is 29.4 Å². The van der Waals surface area contributed by atoms with Crippen molar-refractivity contribution < 1.29 is 9.59 Å². The Bertz CT molecular complexity index is 558. The molecule has 2 amide bonds. The lowest BCUT2D eigenvalue weighted by atomic mass is 9.84. The number of hydrogen-bond donors (Lipinski definition) is 2. The molecule has 1 heterocycles. The zero-order chi connectivity index (χ0) is 19.0. The van der Waals surface area contributed by atoms with Crippen molar-refractivity contribution >= 4 is 11.8 Å². The van der Waals surface area contributed by atoms with Gasteiger partial charge in [-0.3, -0.25) is 14.5 Å². The molecule has 1 saturated heterocycles. The number of carbonyl (C=O) groups excluding carboxylic acids is 2. The van der Waals surface area contributed by atoms with Crippen LogP contribution in [0.2, 0.25) is 0 Å². The molecule has 152 valence electrons. The van der Waals surface area contributed by atoms with E-state index in [9.17, 15) is 9.59 Å². The highest BCUT2D eigenvalue weighted by Crippen LogP contribution is 2.48. The lowest BCUT2D eigenvalue weighted by molar-refractivity contribution is -0.139. The van der Waals surface area contributed by atoms with Crippen LogP contribution in [0.1, 0.15) is 51.9 Å². The molecule has 6 nitrogen and oxygen atoms in total. The Kier molecular flexibility index (Phi) is 5.74. The van der Waals surface area contributed by atoms with E-state index in [1.165, 1.54) is 25.7 Å². The number of rotatable bonds is 4. The first-order chi connectivity index (χ1) is 13.0. The molecule has 0 aromatic heterocycles. The second-order valence-corrected chi connectivity index (χ2v) is 9.57. The third-order valence-corrected chi connectivity index (χ3v) is 7.62. The normalized spacial score (nSPS) is 39.6. The van der Waals surface area contributed by atoms with Crippen LogP contribution in [0.4, 0.5) is 0 Å². The van der Waals surface area contributed by atoms with Crippen LogP contribution in [0.3, 0.4) is 0 Å². The van der Waals surface area contributed by atoms with Gasteiger partial charge < -0.3 is 16.0 Å². The maximum atomic E-state index is 13.0. The first-order valence-electron chi connectivity index (χ1n) is 11.1. The van der Waals surface area contributed by atoms with E-state index in [-0.39, 0.29) is 23.8 Å². The Morgan fingerprint density at radius 2 is 1.74 bits per heavy atom. The van der Waals surface area contributed by atoms with Crippen molar-refractivity contribution in [3.05, 3.63) is 0 Å². The predicted molar refractivity (Wildman–Crippen MR) is 105 cm³/mol. The Hall–Kier alpha value is -1.14. The highest BCUT2D eigenvalue weighted by Gasteiger charge is 2.50. The highest BCUT2D eigenvalue weighted by molar-refractivity contribution is 5.81. The first-order valence-corrected chi connectivity index (χ1v) is 11.1. The van der Waals surface area contributed by atoms with Crippen molar-refractivity contribution in [2.75, 3.05) is 32.7 Å². The van der Waals surface area contributed by atoms with E-state index >= 15 is 0 Å². The molecular formula is C21H36N4O2. The van der Waals surface area contributed by atoms with Gasteiger partial charge in [0.15, 0.2) is 0 Å². The van der Waals surface area contributed by atoms with Crippen molar-refractivity contribution in [3.8, 4) is 0 Å². The predicted octanol–water partition coefficient (Wildman–Crippen LogP) is 1.20. The van der Waals surface area contributed by atoms with Crippen molar-refractivity contribution in [1.82, 2.24) is 15.1 Å². The van der Waals surface area contributed by atoms with Gasteiger partial charge >= 0.3 is 0 Å². The fraction of sp³-hybridized carbons (Fsp3) is 0.905. The molecular weight excluding hydrogens is 340 g/mol. The van der Waals surface area contributed by atoms with Gasteiger partial charge in [0.1, 0.15) is 0 Å². The summed E-state index contributed by atoms with van der Waals surface area (Å²) in [5, 5.41) is 3.22. The van der Waals surface area contributed by atoms with Gasteiger partial charge in [0, 0.05) is 38.3 Å². The molecule has 1 aliphatic heterocycles.